The van der Waals surface area contributed by atoms with Crippen LogP contribution in [0, 0.1) is 11.3 Å². The van der Waals surface area contributed by atoms with Crippen LogP contribution >= 0.6 is 0 Å². The Morgan fingerprint density at radius 3 is 2.91 bits per heavy atom. The van der Waals surface area contributed by atoms with E-state index < -0.39 is 17.1 Å². The summed E-state index contributed by atoms with van der Waals surface area (Å²) in [5.74, 6) is -0.573. The molecule has 0 aliphatic heterocycles. The van der Waals surface area contributed by atoms with Gasteiger partial charge in [0.05, 0.1) is 0 Å². The number of carbonyl (C=O) groups excluding carboxylic acids is 1. The van der Waals surface area contributed by atoms with Gasteiger partial charge in [0, 0.05) is 18.1 Å². The van der Waals surface area contributed by atoms with Crippen molar-refractivity contribution < 1.29 is 19.1 Å². The molecule has 1 unspecified atom stereocenters. The van der Waals surface area contributed by atoms with Gasteiger partial charge in [-0.1, -0.05) is 31.6 Å². The van der Waals surface area contributed by atoms with Crippen molar-refractivity contribution in [2.24, 2.45) is 11.3 Å². The van der Waals surface area contributed by atoms with Crippen LogP contribution in [0.2, 0.25) is 0 Å². The predicted octanol–water partition coefficient (Wildman–Crippen LogP) is 3.33. The van der Waals surface area contributed by atoms with Crippen molar-refractivity contribution in [2.45, 2.75) is 40.2 Å². The van der Waals surface area contributed by atoms with Crippen molar-refractivity contribution >= 4 is 5.97 Å². The maximum absolute atomic E-state index is 11.8. The number of esters is 1. The molecular weight excluding hydrogens is 296 g/mol. The highest BCUT2D eigenvalue weighted by atomic mass is 16.5. The molecule has 0 spiro atoms. The number of rotatable bonds is 4. The highest BCUT2D eigenvalue weighted by Gasteiger charge is 2.30. The van der Waals surface area contributed by atoms with Crippen LogP contribution < -0.4 is 5.43 Å². The van der Waals surface area contributed by atoms with E-state index in [9.17, 15) is 9.59 Å². The lowest BCUT2D eigenvalue weighted by molar-refractivity contribution is -0.139. The second-order valence-corrected chi connectivity index (χ2v) is 6.52. The smallest absolute Gasteiger partial charge is 0.330 e. The van der Waals surface area contributed by atoms with Gasteiger partial charge in [0.15, 0.2) is 5.75 Å². The zero-order valence-corrected chi connectivity index (χ0v) is 13.7. The minimum Gasteiger partial charge on any atom is -0.502 e. The molecule has 1 atom stereocenters. The van der Waals surface area contributed by atoms with E-state index in [1.165, 1.54) is 11.6 Å². The molecule has 1 heterocycles. The van der Waals surface area contributed by atoms with E-state index in [1.54, 1.807) is 0 Å². The van der Waals surface area contributed by atoms with Crippen molar-refractivity contribution in [3.63, 3.8) is 0 Å². The predicted molar refractivity (Wildman–Crippen MR) is 85.8 cm³/mol. The molecule has 1 aromatic rings. The zero-order valence-electron chi connectivity index (χ0n) is 13.7. The monoisotopic (exact) mass is 318 g/mol. The van der Waals surface area contributed by atoms with Crippen LogP contribution in [-0.4, -0.2) is 11.1 Å². The summed E-state index contributed by atoms with van der Waals surface area (Å²) < 4.78 is 10.0. The van der Waals surface area contributed by atoms with E-state index in [4.69, 9.17) is 14.3 Å². The Balaban J connectivity index is 1.96. The van der Waals surface area contributed by atoms with Gasteiger partial charge in [0.2, 0.25) is 5.43 Å². The van der Waals surface area contributed by atoms with E-state index in [2.05, 4.69) is 26.8 Å². The Bertz CT molecular complexity index is 694. The minimum atomic E-state index is -0.567. The van der Waals surface area contributed by atoms with Gasteiger partial charge < -0.3 is 14.3 Å². The van der Waals surface area contributed by atoms with Crippen molar-refractivity contribution in [2.75, 3.05) is 0 Å². The molecule has 1 aliphatic rings. The Labute approximate surface area is 135 Å². The fraction of sp³-hybridized carbons (Fsp3) is 0.444. The van der Waals surface area contributed by atoms with Crippen LogP contribution in [0.3, 0.4) is 0 Å². The lowest BCUT2D eigenvalue weighted by atomic mass is 9.68. The molecule has 2 rings (SSSR count). The summed E-state index contributed by atoms with van der Waals surface area (Å²) >= 11 is 0. The SMILES string of the molecule is CC1=CCCC(C)(C)C1/C=C/C(=O)OCc1cc(=O)c(O)co1. The molecule has 124 valence electrons. The van der Waals surface area contributed by atoms with Gasteiger partial charge in [-0.05, 0) is 25.2 Å². The van der Waals surface area contributed by atoms with Crippen LogP contribution in [0.25, 0.3) is 0 Å². The number of aromatic hydroxyl groups is 1. The Kier molecular flexibility index (Phi) is 5.08. The third-order valence-corrected chi connectivity index (χ3v) is 4.24. The second kappa shape index (κ2) is 6.86. The molecule has 0 radical (unpaired) electrons. The second-order valence-electron chi connectivity index (χ2n) is 6.52. The summed E-state index contributed by atoms with van der Waals surface area (Å²) in [6.45, 7) is 6.30. The molecule has 23 heavy (non-hydrogen) atoms. The zero-order chi connectivity index (χ0) is 17.0. The molecule has 1 aliphatic carbocycles. The van der Waals surface area contributed by atoms with Gasteiger partial charge in [0.25, 0.3) is 0 Å². The number of carbonyl (C=O) groups is 1. The summed E-state index contributed by atoms with van der Waals surface area (Å²) in [4.78, 5) is 23.1. The molecule has 0 saturated carbocycles. The van der Waals surface area contributed by atoms with E-state index in [0.29, 0.717) is 0 Å². The van der Waals surface area contributed by atoms with E-state index >= 15 is 0 Å². The molecule has 0 aromatic carbocycles. The third-order valence-electron chi connectivity index (χ3n) is 4.24. The van der Waals surface area contributed by atoms with Gasteiger partial charge in [0.1, 0.15) is 18.6 Å². The molecule has 0 fully saturated rings. The van der Waals surface area contributed by atoms with Crippen LogP contribution in [0.5, 0.6) is 5.75 Å². The quantitative estimate of drug-likeness (QED) is 0.523. The minimum absolute atomic E-state index is 0.110. The molecule has 0 bridgehead atoms. The number of ether oxygens (including phenoxy) is 1. The van der Waals surface area contributed by atoms with Crippen molar-refractivity contribution in [3.8, 4) is 5.75 Å². The Hall–Kier alpha value is -2.30. The topological polar surface area (TPSA) is 76.7 Å². The lowest BCUT2D eigenvalue weighted by Gasteiger charge is -2.36. The summed E-state index contributed by atoms with van der Waals surface area (Å²) in [5, 5.41) is 9.09. The van der Waals surface area contributed by atoms with Crippen molar-refractivity contribution in [3.05, 3.63) is 52.1 Å². The summed E-state index contributed by atoms with van der Waals surface area (Å²) in [7, 11) is 0. The Morgan fingerprint density at radius 2 is 2.26 bits per heavy atom. The molecule has 5 nitrogen and oxygen atoms in total. The van der Waals surface area contributed by atoms with Crippen molar-refractivity contribution in [1.82, 2.24) is 0 Å². The third kappa shape index (κ3) is 4.34. The standard InChI is InChI=1S/C18H22O5/c1-12-5-4-8-18(2,3)14(12)6-7-17(21)23-10-13-9-15(19)16(20)11-22-13/h5-7,9,11,14,20H,4,8,10H2,1-3H3/b7-6+. The maximum Gasteiger partial charge on any atom is 0.330 e. The first-order chi connectivity index (χ1) is 10.8. The average Bonchev–Trinajstić information content (AvgIpc) is 2.47. The fourth-order valence-corrected chi connectivity index (χ4v) is 2.87. The van der Waals surface area contributed by atoms with Gasteiger partial charge in [-0.2, -0.15) is 0 Å². The van der Waals surface area contributed by atoms with Crippen LogP contribution in [0.15, 0.2) is 45.3 Å². The van der Waals surface area contributed by atoms with E-state index in [0.717, 1.165) is 25.2 Å². The molecule has 1 N–H and O–H groups in total. The first-order valence-electron chi connectivity index (χ1n) is 7.62. The molecule has 0 saturated heterocycles. The van der Waals surface area contributed by atoms with Gasteiger partial charge in [-0.25, -0.2) is 4.79 Å². The van der Waals surface area contributed by atoms with Gasteiger partial charge in [-0.3, -0.25) is 4.79 Å². The number of hydrogen-bond donors (Lipinski definition) is 1. The van der Waals surface area contributed by atoms with Crippen LogP contribution in [-0.2, 0) is 16.1 Å². The normalized spacial score (nSPS) is 20.3. The summed E-state index contributed by atoms with van der Waals surface area (Å²) in [5.41, 5.74) is 0.803. The first-order valence-corrected chi connectivity index (χ1v) is 7.62. The highest BCUT2D eigenvalue weighted by molar-refractivity contribution is 5.82. The number of allylic oxidation sites excluding steroid dienone is 3. The lowest BCUT2D eigenvalue weighted by Crippen LogP contribution is -2.26. The van der Waals surface area contributed by atoms with E-state index in [1.807, 2.05) is 6.08 Å². The van der Waals surface area contributed by atoms with Crippen LogP contribution in [0.4, 0.5) is 0 Å². The van der Waals surface area contributed by atoms with Crippen LogP contribution in [0.1, 0.15) is 39.4 Å². The van der Waals surface area contributed by atoms with Gasteiger partial charge >= 0.3 is 5.97 Å². The molecular formula is C18H22O5. The number of hydrogen-bond acceptors (Lipinski definition) is 5. The summed E-state index contributed by atoms with van der Waals surface area (Å²) in [6.07, 6.45) is 8.57. The van der Waals surface area contributed by atoms with Crippen molar-refractivity contribution in [1.29, 1.82) is 0 Å². The summed E-state index contributed by atoms with van der Waals surface area (Å²) in [6, 6.07) is 1.10. The first kappa shape index (κ1) is 17.1. The van der Waals surface area contributed by atoms with E-state index in [-0.39, 0.29) is 23.7 Å². The molecule has 0 amide bonds. The Morgan fingerprint density at radius 1 is 1.52 bits per heavy atom. The average molecular weight is 318 g/mol. The fourth-order valence-electron chi connectivity index (χ4n) is 2.87. The maximum atomic E-state index is 11.8. The molecule has 5 heteroatoms. The highest BCUT2D eigenvalue weighted by Crippen LogP contribution is 2.41. The largest absolute Gasteiger partial charge is 0.502 e. The molecule has 1 aromatic heterocycles. The van der Waals surface area contributed by atoms with Gasteiger partial charge in [-0.15, -0.1) is 0 Å².